The van der Waals surface area contributed by atoms with E-state index in [0.717, 1.165) is 54.5 Å². The number of aromatic nitrogens is 1. The normalized spacial score (nSPS) is 21.3. The number of rotatable bonds is 6. The Morgan fingerprint density at radius 3 is 2.56 bits per heavy atom. The number of benzene rings is 2. The first-order valence-corrected chi connectivity index (χ1v) is 14.5. The summed E-state index contributed by atoms with van der Waals surface area (Å²) >= 11 is 3.51. The molecular weight excluding hydrogens is 560 g/mol. The molecule has 0 bridgehead atoms. The first kappa shape index (κ1) is 27.4. The molecule has 8 nitrogen and oxygen atoms in total. The van der Waals surface area contributed by atoms with Crippen LogP contribution in [0.2, 0.25) is 0 Å². The van der Waals surface area contributed by atoms with Crippen LogP contribution in [-0.2, 0) is 4.84 Å². The van der Waals surface area contributed by atoms with Gasteiger partial charge >= 0.3 is 0 Å². The molecule has 2 unspecified atom stereocenters. The van der Waals surface area contributed by atoms with Gasteiger partial charge in [0.2, 0.25) is 0 Å². The molecule has 2 atom stereocenters. The predicted octanol–water partition coefficient (Wildman–Crippen LogP) is 5.14. The number of aromatic amines is 1. The minimum atomic E-state index is -0.274. The zero-order valence-electron chi connectivity index (χ0n) is 22.4. The van der Waals surface area contributed by atoms with Gasteiger partial charge in [-0.1, -0.05) is 39.3 Å². The molecule has 1 aromatic heterocycles. The van der Waals surface area contributed by atoms with E-state index in [9.17, 15) is 14.7 Å². The number of H-pyrrole nitrogens is 1. The lowest BCUT2D eigenvalue weighted by Crippen LogP contribution is -2.53. The number of hydrogen-bond donors (Lipinski definition) is 2. The molecule has 1 amide bonds. The fraction of sp³-hybridized carbons (Fsp3) is 0.433. The number of oxime groups is 1. The average Bonchev–Trinajstić information content (AvgIpc) is 2.94. The zero-order chi connectivity index (χ0) is 27.5. The van der Waals surface area contributed by atoms with Gasteiger partial charge in [0.15, 0.2) is 5.43 Å². The van der Waals surface area contributed by atoms with Crippen molar-refractivity contribution in [2.45, 2.75) is 51.6 Å². The number of amides is 1. The summed E-state index contributed by atoms with van der Waals surface area (Å²) in [5, 5.41) is 15.1. The number of phenolic OH excluding ortho intramolecular Hbond substituents is 1. The first-order chi connectivity index (χ1) is 18.9. The van der Waals surface area contributed by atoms with Gasteiger partial charge in [-0.2, -0.15) is 0 Å². The fourth-order valence-corrected chi connectivity index (χ4v) is 6.23. The summed E-state index contributed by atoms with van der Waals surface area (Å²) in [6.45, 7) is 7.16. The zero-order valence-corrected chi connectivity index (χ0v) is 24.0. The van der Waals surface area contributed by atoms with Gasteiger partial charge in [0.1, 0.15) is 18.1 Å². The molecule has 3 aromatic rings. The smallest absolute Gasteiger partial charge is 0.270 e. The molecule has 2 fully saturated rings. The van der Waals surface area contributed by atoms with Crippen LogP contribution >= 0.6 is 15.9 Å². The molecule has 2 N–H and O–H groups in total. The summed E-state index contributed by atoms with van der Waals surface area (Å²) in [5.74, 6) is 0.103. The third kappa shape index (κ3) is 5.89. The molecule has 0 spiro atoms. The Labute approximate surface area is 236 Å². The molecule has 0 radical (unpaired) electrons. The van der Waals surface area contributed by atoms with Crippen LogP contribution in [0.1, 0.15) is 55.6 Å². The van der Waals surface area contributed by atoms with Crippen LogP contribution in [-0.4, -0.2) is 69.8 Å². The highest BCUT2D eigenvalue weighted by atomic mass is 79.9. The number of likely N-dealkylation sites (tertiary alicyclic amines) is 2. The van der Waals surface area contributed by atoms with Crippen LogP contribution in [0.5, 0.6) is 5.75 Å². The molecule has 39 heavy (non-hydrogen) atoms. The maximum Gasteiger partial charge on any atom is 0.270 e. The van der Waals surface area contributed by atoms with Crippen LogP contribution in [0.3, 0.4) is 0 Å². The fourth-order valence-electron chi connectivity index (χ4n) is 5.96. The van der Waals surface area contributed by atoms with E-state index in [1.165, 1.54) is 12.1 Å². The summed E-state index contributed by atoms with van der Waals surface area (Å²) in [6, 6.07) is 14.8. The predicted molar refractivity (Wildman–Crippen MR) is 156 cm³/mol. The number of fused-ring (bicyclic) bond motifs is 1. The van der Waals surface area contributed by atoms with Crippen molar-refractivity contribution in [2.24, 2.45) is 11.1 Å². The van der Waals surface area contributed by atoms with Crippen molar-refractivity contribution in [3.05, 3.63) is 74.5 Å². The lowest BCUT2D eigenvalue weighted by molar-refractivity contribution is 0.0409. The largest absolute Gasteiger partial charge is 0.506 e. The van der Waals surface area contributed by atoms with Gasteiger partial charge in [-0.3, -0.25) is 9.59 Å². The number of piperidine rings is 2. The molecule has 2 aromatic carbocycles. The lowest BCUT2D eigenvalue weighted by atomic mass is 9.86. The van der Waals surface area contributed by atoms with E-state index in [2.05, 4.69) is 50.0 Å². The monoisotopic (exact) mass is 594 g/mol. The topological polar surface area (TPSA) is 98.2 Å². The number of para-hydroxylation sites is 1. The molecule has 0 aliphatic carbocycles. The Balaban J connectivity index is 1.22. The standard InChI is InChI=1S/C30H35BrN4O4/c1-3-39-33-28(20-7-9-22(31)10-8-20)21-11-14-34(15-12-21)23-13-16-35(19(2)17-23)30(38)25-18-27(37)24-5-4-6-26(36)29(24)32-25/h4-10,18-19,21,23,36H,3,11-17H2,1-2H3,(H,32,37). The van der Waals surface area contributed by atoms with Gasteiger partial charge in [-0.15, -0.1) is 0 Å². The third-order valence-electron chi connectivity index (χ3n) is 8.05. The molecular formula is C30H35BrN4O4. The first-order valence-electron chi connectivity index (χ1n) is 13.7. The molecule has 5 rings (SSSR count). The molecule has 206 valence electrons. The van der Waals surface area contributed by atoms with Gasteiger partial charge in [0.25, 0.3) is 5.91 Å². The Hall–Kier alpha value is -3.17. The van der Waals surface area contributed by atoms with E-state index in [-0.39, 0.29) is 28.8 Å². The number of pyridine rings is 1. The van der Waals surface area contributed by atoms with Crippen molar-refractivity contribution < 1.29 is 14.7 Å². The van der Waals surface area contributed by atoms with E-state index in [4.69, 9.17) is 4.84 Å². The number of phenols is 1. The second-order valence-corrected chi connectivity index (χ2v) is 11.4. The molecule has 9 heteroatoms. The molecule has 0 saturated carbocycles. The Kier molecular flexibility index (Phi) is 8.37. The number of nitrogens with zero attached hydrogens (tertiary/aromatic N) is 3. The summed E-state index contributed by atoms with van der Waals surface area (Å²) in [6.07, 6.45) is 3.79. The van der Waals surface area contributed by atoms with Gasteiger partial charge in [0.05, 0.1) is 11.2 Å². The highest BCUT2D eigenvalue weighted by Crippen LogP contribution is 2.30. The average molecular weight is 596 g/mol. The molecule has 2 aliphatic heterocycles. The maximum absolute atomic E-state index is 13.4. The minimum Gasteiger partial charge on any atom is -0.506 e. The number of carbonyl (C=O) groups excluding carboxylic acids is 1. The number of halogens is 1. The van der Waals surface area contributed by atoms with Crippen molar-refractivity contribution in [1.82, 2.24) is 14.8 Å². The third-order valence-corrected chi connectivity index (χ3v) is 8.58. The minimum absolute atomic E-state index is 0.0374. The van der Waals surface area contributed by atoms with Crippen LogP contribution in [0.15, 0.2) is 63.0 Å². The molecule has 2 saturated heterocycles. The quantitative estimate of drug-likeness (QED) is 0.304. The highest BCUT2D eigenvalue weighted by Gasteiger charge is 2.35. The number of hydrogen-bond acceptors (Lipinski definition) is 6. The summed E-state index contributed by atoms with van der Waals surface area (Å²) in [4.78, 5) is 38.9. The second-order valence-electron chi connectivity index (χ2n) is 10.5. The van der Waals surface area contributed by atoms with Gasteiger partial charge in [-0.25, -0.2) is 0 Å². The Morgan fingerprint density at radius 2 is 1.87 bits per heavy atom. The Bertz CT molecular complexity index is 1410. The van der Waals surface area contributed by atoms with E-state index in [0.29, 0.717) is 36.0 Å². The number of aromatic hydroxyl groups is 1. The molecule has 3 heterocycles. The van der Waals surface area contributed by atoms with Crippen LogP contribution < -0.4 is 5.43 Å². The van der Waals surface area contributed by atoms with E-state index >= 15 is 0 Å². The lowest BCUT2D eigenvalue weighted by Gasteiger charge is -2.44. The van der Waals surface area contributed by atoms with Gasteiger partial charge in [-0.05, 0) is 82.4 Å². The van der Waals surface area contributed by atoms with Crippen molar-refractivity contribution >= 4 is 38.5 Å². The van der Waals surface area contributed by atoms with Gasteiger partial charge < -0.3 is 24.7 Å². The van der Waals surface area contributed by atoms with E-state index in [1.54, 1.807) is 12.1 Å². The summed E-state index contributed by atoms with van der Waals surface area (Å²) in [5.41, 5.74) is 2.37. The van der Waals surface area contributed by atoms with Gasteiger partial charge in [0, 0.05) is 40.5 Å². The van der Waals surface area contributed by atoms with Crippen molar-refractivity contribution in [1.29, 1.82) is 0 Å². The summed E-state index contributed by atoms with van der Waals surface area (Å²) < 4.78 is 1.04. The van der Waals surface area contributed by atoms with Crippen molar-refractivity contribution in [3.8, 4) is 5.75 Å². The second kappa shape index (κ2) is 11.9. The number of carbonyl (C=O) groups is 1. The van der Waals surface area contributed by atoms with E-state index in [1.807, 2.05) is 24.0 Å². The summed E-state index contributed by atoms with van der Waals surface area (Å²) in [7, 11) is 0. The van der Waals surface area contributed by atoms with Crippen molar-refractivity contribution in [3.63, 3.8) is 0 Å². The maximum atomic E-state index is 13.4. The SMILES string of the molecule is CCON=C(c1ccc(Br)cc1)C1CCN(C2CCN(C(=O)c3cc(=O)c4cccc(O)c4[nH]3)C(C)C2)CC1. The number of nitrogens with one attached hydrogen (secondary N) is 1. The van der Waals surface area contributed by atoms with E-state index < -0.39 is 0 Å². The molecule has 2 aliphatic rings. The Morgan fingerprint density at radius 1 is 1.13 bits per heavy atom. The highest BCUT2D eigenvalue weighted by molar-refractivity contribution is 9.10. The van der Waals surface area contributed by atoms with Crippen LogP contribution in [0.4, 0.5) is 0 Å². The van der Waals surface area contributed by atoms with Crippen molar-refractivity contribution in [2.75, 3.05) is 26.2 Å². The van der Waals surface area contributed by atoms with Crippen LogP contribution in [0.25, 0.3) is 10.9 Å². The van der Waals surface area contributed by atoms with Crippen LogP contribution in [0, 0.1) is 5.92 Å².